The monoisotopic (exact) mass is 269 g/mol. The first-order chi connectivity index (χ1) is 9.88. The van der Waals surface area contributed by atoms with Crippen LogP contribution in [-0.2, 0) is 13.1 Å². The molecule has 102 valence electrons. The van der Waals surface area contributed by atoms with Crippen molar-refractivity contribution in [1.29, 1.82) is 0 Å². The molecule has 0 radical (unpaired) electrons. The van der Waals surface area contributed by atoms with Gasteiger partial charge >= 0.3 is 0 Å². The van der Waals surface area contributed by atoms with E-state index < -0.39 is 0 Å². The predicted octanol–water partition coefficient (Wildman–Crippen LogP) is 1.72. The van der Waals surface area contributed by atoms with E-state index in [4.69, 9.17) is 4.52 Å². The van der Waals surface area contributed by atoms with Crippen LogP contribution in [0.2, 0.25) is 0 Å². The molecule has 6 heteroatoms. The van der Waals surface area contributed by atoms with Gasteiger partial charge in [0.05, 0.1) is 11.2 Å². The second-order valence-corrected chi connectivity index (χ2v) is 5.18. The normalized spacial score (nSPS) is 15.0. The summed E-state index contributed by atoms with van der Waals surface area (Å²) in [5.41, 5.74) is 2.83. The third-order valence-electron chi connectivity index (χ3n) is 3.48. The lowest BCUT2D eigenvalue weighted by Crippen LogP contribution is -2.15. The highest BCUT2D eigenvalue weighted by molar-refractivity contribution is 5.73. The van der Waals surface area contributed by atoms with Gasteiger partial charge in [-0.25, -0.2) is 4.68 Å². The summed E-state index contributed by atoms with van der Waals surface area (Å²) in [5, 5.41) is 15.8. The van der Waals surface area contributed by atoms with Gasteiger partial charge in [-0.05, 0) is 25.0 Å². The number of nitrogens with zero attached hydrogens (tertiary/aromatic N) is 4. The molecule has 2 heterocycles. The largest absolute Gasteiger partial charge is 0.359 e. The van der Waals surface area contributed by atoms with E-state index in [9.17, 15) is 0 Å². The van der Waals surface area contributed by atoms with Crippen molar-refractivity contribution in [3.8, 4) is 0 Å². The molecule has 1 aliphatic carbocycles. The fourth-order valence-corrected chi connectivity index (χ4v) is 2.23. The summed E-state index contributed by atoms with van der Waals surface area (Å²) in [6, 6.07) is 10.5. The third-order valence-corrected chi connectivity index (χ3v) is 3.48. The number of para-hydroxylation sites is 1. The van der Waals surface area contributed by atoms with Crippen LogP contribution in [-0.4, -0.2) is 26.2 Å². The van der Waals surface area contributed by atoms with Crippen molar-refractivity contribution in [2.45, 2.75) is 32.0 Å². The van der Waals surface area contributed by atoms with Crippen molar-refractivity contribution in [2.75, 3.05) is 0 Å². The lowest BCUT2D eigenvalue weighted by molar-refractivity contribution is 0.364. The maximum Gasteiger partial charge on any atom is 0.158 e. The van der Waals surface area contributed by atoms with Gasteiger partial charge in [0.2, 0.25) is 0 Å². The zero-order valence-corrected chi connectivity index (χ0v) is 11.0. The number of hydrogen-bond acceptors (Lipinski definition) is 5. The summed E-state index contributed by atoms with van der Waals surface area (Å²) in [6.45, 7) is 1.32. The molecule has 0 amide bonds. The molecule has 3 aromatic rings. The molecule has 2 aromatic heterocycles. The van der Waals surface area contributed by atoms with Crippen LogP contribution in [0.15, 0.2) is 34.9 Å². The summed E-state index contributed by atoms with van der Waals surface area (Å²) in [5.74, 6) is 0.799. The minimum absolute atomic E-state index is 0.553. The van der Waals surface area contributed by atoms with Crippen LogP contribution in [0.4, 0.5) is 0 Å². The average molecular weight is 269 g/mol. The van der Waals surface area contributed by atoms with Crippen LogP contribution in [0.5, 0.6) is 0 Å². The summed E-state index contributed by atoms with van der Waals surface area (Å²) in [6.07, 6.45) is 2.55. The van der Waals surface area contributed by atoms with E-state index in [-0.39, 0.29) is 0 Å². The number of nitrogens with one attached hydrogen (secondary N) is 1. The molecule has 0 spiro atoms. The number of hydrogen-bond donors (Lipinski definition) is 1. The van der Waals surface area contributed by atoms with E-state index in [0.29, 0.717) is 12.6 Å². The minimum atomic E-state index is 0.553. The maximum absolute atomic E-state index is 5.36. The van der Waals surface area contributed by atoms with Crippen molar-refractivity contribution in [3.05, 3.63) is 41.8 Å². The van der Waals surface area contributed by atoms with E-state index in [2.05, 4.69) is 20.8 Å². The van der Waals surface area contributed by atoms with E-state index in [0.717, 1.165) is 29.0 Å². The lowest BCUT2D eigenvalue weighted by atomic mass is 10.3. The Kier molecular flexibility index (Phi) is 2.74. The predicted molar refractivity (Wildman–Crippen MR) is 73.0 cm³/mol. The summed E-state index contributed by atoms with van der Waals surface area (Å²) in [7, 11) is 0. The quantitative estimate of drug-likeness (QED) is 0.763. The zero-order chi connectivity index (χ0) is 13.4. The zero-order valence-electron chi connectivity index (χ0n) is 11.0. The van der Waals surface area contributed by atoms with Gasteiger partial charge in [0.25, 0.3) is 0 Å². The standard InChI is InChI=1S/C14H15N5O/c1-2-4-14-13(3-1)16-18-19(14)9-12-7-11(17-20-12)8-15-10-5-6-10/h1-4,7,10,15H,5-6,8-9H2. The topological polar surface area (TPSA) is 68.8 Å². The highest BCUT2D eigenvalue weighted by Gasteiger charge is 2.20. The van der Waals surface area contributed by atoms with Crippen LogP contribution in [0.25, 0.3) is 11.0 Å². The molecule has 4 rings (SSSR count). The summed E-state index contributed by atoms with van der Waals surface area (Å²) in [4.78, 5) is 0. The molecule has 0 saturated heterocycles. The molecule has 1 fully saturated rings. The third kappa shape index (κ3) is 2.30. The van der Waals surface area contributed by atoms with Crippen molar-refractivity contribution in [3.63, 3.8) is 0 Å². The minimum Gasteiger partial charge on any atom is -0.359 e. The Morgan fingerprint density at radius 2 is 2.20 bits per heavy atom. The van der Waals surface area contributed by atoms with Gasteiger partial charge in [0.1, 0.15) is 12.1 Å². The SMILES string of the molecule is c1ccc2c(c1)nnn2Cc1cc(CNC2CC2)no1. The van der Waals surface area contributed by atoms with Crippen LogP contribution in [0, 0.1) is 0 Å². The average Bonchev–Trinajstić information content (AvgIpc) is 3.06. The Bertz CT molecular complexity index is 728. The summed E-state index contributed by atoms with van der Waals surface area (Å²) >= 11 is 0. The van der Waals surface area contributed by atoms with E-state index in [1.165, 1.54) is 12.8 Å². The highest BCUT2D eigenvalue weighted by Crippen LogP contribution is 2.19. The molecule has 1 N–H and O–H groups in total. The van der Waals surface area contributed by atoms with E-state index in [1.54, 1.807) is 0 Å². The van der Waals surface area contributed by atoms with E-state index >= 15 is 0 Å². The van der Waals surface area contributed by atoms with Crippen molar-refractivity contribution in [1.82, 2.24) is 25.5 Å². The van der Waals surface area contributed by atoms with Crippen molar-refractivity contribution >= 4 is 11.0 Å². The first-order valence-corrected chi connectivity index (χ1v) is 6.84. The van der Waals surface area contributed by atoms with Gasteiger partial charge in [-0.1, -0.05) is 22.5 Å². The van der Waals surface area contributed by atoms with Crippen LogP contribution >= 0.6 is 0 Å². The Balaban J connectivity index is 1.50. The summed E-state index contributed by atoms with van der Waals surface area (Å²) < 4.78 is 7.19. The first-order valence-electron chi connectivity index (χ1n) is 6.84. The van der Waals surface area contributed by atoms with Crippen molar-refractivity contribution in [2.24, 2.45) is 0 Å². The van der Waals surface area contributed by atoms with Gasteiger partial charge in [0, 0.05) is 18.7 Å². The Labute approximate surface area is 115 Å². The first kappa shape index (κ1) is 11.6. The van der Waals surface area contributed by atoms with Crippen molar-refractivity contribution < 1.29 is 4.52 Å². The van der Waals surface area contributed by atoms with Crippen LogP contribution in [0.3, 0.4) is 0 Å². The molecule has 0 unspecified atom stereocenters. The number of fused-ring (bicyclic) bond motifs is 1. The Morgan fingerprint density at radius 3 is 3.10 bits per heavy atom. The molecular formula is C14H15N5O. The molecular weight excluding hydrogens is 254 g/mol. The van der Waals surface area contributed by atoms with Gasteiger partial charge in [-0.3, -0.25) is 0 Å². The molecule has 0 bridgehead atoms. The van der Waals surface area contributed by atoms with Gasteiger partial charge in [-0.2, -0.15) is 0 Å². The molecule has 0 aliphatic heterocycles. The molecule has 0 atom stereocenters. The van der Waals surface area contributed by atoms with Gasteiger partial charge < -0.3 is 9.84 Å². The number of benzene rings is 1. The second-order valence-electron chi connectivity index (χ2n) is 5.18. The van der Waals surface area contributed by atoms with Crippen LogP contribution < -0.4 is 5.32 Å². The number of aromatic nitrogens is 4. The maximum atomic E-state index is 5.36. The van der Waals surface area contributed by atoms with Gasteiger partial charge in [-0.15, -0.1) is 5.10 Å². The smallest absolute Gasteiger partial charge is 0.158 e. The van der Waals surface area contributed by atoms with Crippen LogP contribution in [0.1, 0.15) is 24.3 Å². The molecule has 1 aliphatic rings. The number of rotatable bonds is 5. The fraction of sp³-hybridized carbons (Fsp3) is 0.357. The lowest BCUT2D eigenvalue weighted by Gasteiger charge is -1.97. The van der Waals surface area contributed by atoms with E-state index in [1.807, 2.05) is 35.0 Å². The molecule has 1 saturated carbocycles. The molecule has 1 aromatic carbocycles. The molecule has 6 nitrogen and oxygen atoms in total. The Morgan fingerprint density at radius 1 is 1.30 bits per heavy atom. The fourth-order valence-electron chi connectivity index (χ4n) is 2.23. The highest BCUT2D eigenvalue weighted by atomic mass is 16.5. The second kappa shape index (κ2) is 4.72. The van der Waals surface area contributed by atoms with Gasteiger partial charge in [0.15, 0.2) is 5.76 Å². The Hall–Kier alpha value is -2.21. The molecule has 20 heavy (non-hydrogen) atoms.